The van der Waals surface area contributed by atoms with Crippen molar-refractivity contribution in [3.63, 3.8) is 0 Å². The van der Waals surface area contributed by atoms with Crippen LogP contribution in [0.5, 0.6) is 0 Å². The number of halogens is 1. The number of hydrogen-bond donors (Lipinski definition) is 0. The molecule has 0 bridgehead atoms. The van der Waals surface area contributed by atoms with E-state index in [1.807, 2.05) is 13.0 Å². The molecule has 25 heavy (non-hydrogen) atoms. The Bertz CT molecular complexity index is 762. The summed E-state index contributed by atoms with van der Waals surface area (Å²) in [5, 5.41) is 4.50. The number of aromatic nitrogens is 3. The van der Waals surface area contributed by atoms with Gasteiger partial charge < -0.3 is 9.80 Å². The molecule has 0 N–H and O–H groups in total. The van der Waals surface area contributed by atoms with Crippen molar-refractivity contribution in [2.45, 2.75) is 26.2 Å². The van der Waals surface area contributed by atoms with Gasteiger partial charge in [-0.1, -0.05) is 11.6 Å². The Morgan fingerprint density at radius 2 is 2.24 bits per heavy atom. The number of hydrogen-bond acceptors (Lipinski definition) is 4. The largest absolute Gasteiger partial charge is 0.333 e. The summed E-state index contributed by atoms with van der Waals surface area (Å²) < 4.78 is 1.59. The number of rotatable bonds is 5. The van der Waals surface area contributed by atoms with E-state index in [1.165, 1.54) is 0 Å². The standard InChI is InChI=1S/C17H20ClN5O2/c1-2-22(16(25)12-21-9-4-3-7-15(21)24)14-11-23(20-17(14)18)13-6-5-8-19-10-13/h5-6,8,10-11H,2-4,7,9,12H2,1H3. The normalized spacial score (nSPS) is 14.6. The van der Waals surface area contributed by atoms with Crippen LogP contribution in [-0.2, 0) is 9.59 Å². The molecule has 2 aromatic heterocycles. The lowest BCUT2D eigenvalue weighted by molar-refractivity contribution is -0.137. The SMILES string of the molecule is CCN(C(=O)CN1CCCCC1=O)c1cn(-c2cccnc2)nc1Cl. The van der Waals surface area contributed by atoms with Crippen LogP contribution >= 0.6 is 11.6 Å². The summed E-state index contributed by atoms with van der Waals surface area (Å²) in [6.07, 6.45) is 7.39. The first kappa shape index (κ1) is 17.4. The number of piperidine rings is 1. The number of likely N-dealkylation sites (N-methyl/N-ethyl adjacent to an activating group) is 1. The molecule has 2 amide bonds. The monoisotopic (exact) mass is 361 g/mol. The highest BCUT2D eigenvalue weighted by Gasteiger charge is 2.25. The quantitative estimate of drug-likeness (QED) is 0.819. The summed E-state index contributed by atoms with van der Waals surface area (Å²) in [5.74, 6) is -0.127. The van der Waals surface area contributed by atoms with Gasteiger partial charge in [0, 0.05) is 25.7 Å². The summed E-state index contributed by atoms with van der Waals surface area (Å²) in [7, 11) is 0. The van der Waals surface area contributed by atoms with Gasteiger partial charge in [-0.3, -0.25) is 14.6 Å². The van der Waals surface area contributed by atoms with E-state index in [0.29, 0.717) is 25.2 Å². The third-order valence-corrected chi connectivity index (χ3v) is 4.49. The van der Waals surface area contributed by atoms with Gasteiger partial charge in [-0.15, -0.1) is 0 Å². The summed E-state index contributed by atoms with van der Waals surface area (Å²) in [6, 6.07) is 3.65. The molecule has 132 valence electrons. The Kier molecular flexibility index (Phi) is 5.33. The predicted octanol–water partition coefficient (Wildman–Crippen LogP) is 2.29. The predicted molar refractivity (Wildman–Crippen MR) is 94.8 cm³/mol. The van der Waals surface area contributed by atoms with Crippen LogP contribution in [-0.4, -0.2) is 51.1 Å². The molecule has 1 fully saturated rings. The fourth-order valence-corrected chi connectivity index (χ4v) is 3.14. The van der Waals surface area contributed by atoms with E-state index in [0.717, 1.165) is 18.5 Å². The Hall–Kier alpha value is -2.41. The molecular formula is C17H20ClN5O2. The van der Waals surface area contributed by atoms with E-state index >= 15 is 0 Å². The smallest absolute Gasteiger partial charge is 0.246 e. The van der Waals surface area contributed by atoms with Crippen LogP contribution < -0.4 is 4.90 Å². The second-order valence-electron chi connectivity index (χ2n) is 5.87. The molecular weight excluding hydrogens is 342 g/mol. The zero-order valence-electron chi connectivity index (χ0n) is 14.1. The van der Waals surface area contributed by atoms with E-state index in [9.17, 15) is 9.59 Å². The van der Waals surface area contributed by atoms with Crippen molar-refractivity contribution in [3.05, 3.63) is 35.9 Å². The van der Waals surface area contributed by atoms with Gasteiger partial charge in [0.25, 0.3) is 0 Å². The van der Waals surface area contributed by atoms with Gasteiger partial charge in [-0.05, 0) is 31.9 Å². The van der Waals surface area contributed by atoms with Gasteiger partial charge in [-0.2, -0.15) is 5.10 Å². The van der Waals surface area contributed by atoms with Crippen LogP contribution in [0.2, 0.25) is 5.15 Å². The molecule has 1 aliphatic rings. The minimum absolute atomic E-state index is 0.0350. The molecule has 0 radical (unpaired) electrons. The lowest BCUT2D eigenvalue weighted by Gasteiger charge is -2.28. The van der Waals surface area contributed by atoms with Gasteiger partial charge in [0.05, 0.1) is 18.1 Å². The van der Waals surface area contributed by atoms with Crippen molar-refractivity contribution in [2.24, 2.45) is 0 Å². The van der Waals surface area contributed by atoms with Gasteiger partial charge in [0.1, 0.15) is 12.2 Å². The minimum atomic E-state index is -0.162. The molecule has 0 saturated carbocycles. The number of pyridine rings is 1. The van der Waals surface area contributed by atoms with E-state index in [4.69, 9.17) is 11.6 Å². The number of carbonyl (C=O) groups excluding carboxylic acids is 2. The van der Waals surface area contributed by atoms with Crippen molar-refractivity contribution in [3.8, 4) is 5.69 Å². The van der Waals surface area contributed by atoms with Crippen LogP contribution in [0.3, 0.4) is 0 Å². The third-order valence-electron chi connectivity index (χ3n) is 4.22. The average Bonchev–Trinajstić information content (AvgIpc) is 3.00. The minimum Gasteiger partial charge on any atom is -0.333 e. The van der Waals surface area contributed by atoms with E-state index in [2.05, 4.69) is 10.1 Å². The maximum absolute atomic E-state index is 12.7. The third kappa shape index (κ3) is 3.82. The molecule has 8 heteroatoms. The zero-order valence-corrected chi connectivity index (χ0v) is 14.8. The molecule has 3 rings (SSSR count). The Balaban J connectivity index is 1.79. The Morgan fingerprint density at radius 3 is 2.92 bits per heavy atom. The van der Waals surface area contributed by atoms with Gasteiger partial charge >= 0.3 is 0 Å². The number of likely N-dealkylation sites (tertiary alicyclic amines) is 1. The van der Waals surface area contributed by atoms with Crippen LogP contribution in [0.15, 0.2) is 30.7 Å². The number of carbonyl (C=O) groups is 2. The van der Waals surface area contributed by atoms with Crippen LogP contribution in [0.4, 0.5) is 5.69 Å². The number of nitrogens with zero attached hydrogens (tertiary/aromatic N) is 5. The van der Waals surface area contributed by atoms with E-state index < -0.39 is 0 Å². The molecule has 0 aromatic carbocycles. The van der Waals surface area contributed by atoms with Crippen LogP contribution in [0.25, 0.3) is 5.69 Å². The Morgan fingerprint density at radius 1 is 1.40 bits per heavy atom. The average molecular weight is 362 g/mol. The van der Waals surface area contributed by atoms with E-state index in [1.54, 1.807) is 39.1 Å². The first-order valence-corrected chi connectivity index (χ1v) is 8.71. The fraction of sp³-hybridized carbons (Fsp3) is 0.412. The lowest BCUT2D eigenvalue weighted by Crippen LogP contribution is -2.44. The maximum Gasteiger partial charge on any atom is 0.246 e. The first-order valence-electron chi connectivity index (χ1n) is 8.34. The van der Waals surface area contributed by atoms with Crippen molar-refractivity contribution in [1.82, 2.24) is 19.7 Å². The molecule has 1 aliphatic heterocycles. The summed E-state index contributed by atoms with van der Waals surface area (Å²) in [6.45, 7) is 3.01. The van der Waals surface area contributed by atoms with Crippen molar-refractivity contribution in [2.75, 3.05) is 24.5 Å². The summed E-state index contributed by atoms with van der Waals surface area (Å²) in [4.78, 5) is 31.9. The maximum atomic E-state index is 12.7. The molecule has 1 saturated heterocycles. The highest BCUT2D eigenvalue weighted by atomic mass is 35.5. The summed E-state index contributed by atoms with van der Waals surface area (Å²) in [5.41, 5.74) is 1.29. The van der Waals surface area contributed by atoms with Gasteiger partial charge in [-0.25, -0.2) is 4.68 Å². The highest BCUT2D eigenvalue weighted by molar-refractivity contribution is 6.32. The van der Waals surface area contributed by atoms with Crippen molar-refractivity contribution < 1.29 is 9.59 Å². The highest BCUT2D eigenvalue weighted by Crippen LogP contribution is 2.26. The molecule has 0 aliphatic carbocycles. The lowest BCUT2D eigenvalue weighted by atomic mass is 10.1. The topological polar surface area (TPSA) is 71.3 Å². The van der Waals surface area contributed by atoms with Crippen molar-refractivity contribution >= 4 is 29.1 Å². The summed E-state index contributed by atoms with van der Waals surface area (Å²) >= 11 is 6.26. The van der Waals surface area contributed by atoms with Crippen LogP contribution in [0.1, 0.15) is 26.2 Å². The molecule has 0 unspecified atom stereocenters. The Labute approximate surface area is 151 Å². The number of anilines is 1. The molecule has 3 heterocycles. The van der Waals surface area contributed by atoms with Gasteiger partial charge in [0.15, 0.2) is 5.15 Å². The second-order valence-corrected chi connectivity index (χ2v) is 6.23. The molecule has 7 nitrogen and oxygen atoms in total. The van der Waals surface area contributed by atoms with Gasteiger partial charge in [0.2, 0.25) is 11.8 Å². The van der Waals surface area contributed by atoms with Crippen molar-refractivity contribution in [1.29, 1.82) is 0 Å². The first-order chi connectivity index (χ1) is 12.1. The fourth-order valence-electron chi connectivity index (χ4n) is 2.90. The number of amides is 2. The second kappa shape index (κ2) is 7.65. The molecule has 2 aromatic rings. The van der Waals surface area contributed by atoms with Crippen LogP contribution in [0, 0.1) is 0 Å². The van der Waals surface area contributed by atoms with E-state index in [-0.39, 0.29) is 23.5 Å². The zero-order chi connectivity index (χ0) is 17.8. The molecule has 0 spiro atoms. The molecule has 0 atom stereocenters.